The van der Waals surface area contributed by atoms with Crippen molar-refractivity contribution < 1.29 is 38.3 Å². The number of aryl methyl sites for hydroxylation is 1. The summed E-state index contributed by atoms with van der Waals surface area (Å²) < 4.78 is 21.4. The molecule has 1 aromatic heterocycles. The Morgan fingerprint density at radius 3 is 2.21 bits per heavy atom. The fourth-order valence-electron chi connectivity index (χ4n) is 2.69. The second-order valence-corrected chi connectivity index (χ2v) is 7.28. The molecule has 4 atom stereocenters. The molecule has 1 aliphatic heterocycles. The van der Waals surface area contributed by atoms with Crippen LogP contribution in [0.5, 0.6) is 5.75 Å². The first-order valence-corrected chi connectivity index (χ1v) is 9.55. The average molecular weight is 428 g/mol. The molecule has 2 rings (SSSR count). The van der Waals surface area contributed by atoms with Crippen LogP contribution in [0.4, 0.5) is 5.82 Å². The molecule has 2 heterocycles. The van der Waals surface area contributed by atoms with Gasteiger partial charge in [-0.15, -0.1) is 11.8 Å². The smallest absolute Gasteiger partial charge is 0.406 e. The summed E-state index contributed by atoms with van der Waals surface area (Å²) in [6.07, 6.45) is -3.22. The number of ether oxygens (including phenoxy) is 4. The van der Waals surface area contributed by atoms with E-state index in [4.69, 9.17) is 18.9 Å². The fraction of sp³-hybridized carbons (Fsp3) is 0.529. The molecular weight excluding hydrogens is 408 g/mol. The molecule has 29 heavy (non-hydrogen) atoms. The highest BCUT2D eigenvalue weighted by Crippen LogP contribution is 2.36. The quantitative estimate of drug-likeness (QED) is 0.281. The van der Waals surface area contributed by atoms with Crippen LogP contribution in [0.1, 0.15) is 26.5 Å². The van der Waals surface area contributed by atoms with E-state index in [-0.39, 0.29) is 11.5 Å². The molecule has 0 aromatic carbocycles. The van der Waals surface area contributed by atoms with Gasteiger partial charge in [0.25, 0.3) is 0 Å². The Balaban J connectivity index is 2.37. The lowest BCUT2D eigenvalue weighted by Crippen LogP contribution is -2.55. The van der Waals surface area contributed by atoms with Gasteiger partial charge >= 0.3 is 23.7 Å². The van der Waals surface area contributed by atoms with Crippen molar-refractivity contribution in [3.63, 3.8) is 0 Å². The van der Waals surface area contributed by atoms with Gasteiger partial charge in [-0.1, -0.05) is 0 Å². The SMILES string of the molecule is CC(=O)O[C@@H]1[C@@H](OC(C)=O)[C@@H](Oc2ccc(C)nc2[N+](=O)[O-])SC[C@H]1OC(C)=O. The number of carbonyl (C=O) groups is 3. The third kappa shape index (κ3) is 6.04. The maximum Gasteiger partial charge on any atom is 0.406 e. The van der Waals surface area contributed by atoms with Crippen molar-refractivity contribution in [2.45, 2.75) is 51.4 Å². The Morgan fingerprint density at radius 1 is 1.07 bits per heavy atom. The molecule has 0 aliphatic carbocycles. The summed E-state index contributed by atoms with van der Waals surface area (Å²) in [7, 11) is 0. The van der Waals surface area contributed by atoms with Crippen LogP contribution in [0.3, 0.4) is 0 Å². The Hall–Kier alpha value is -2.89. The van der Waals surface area contributed by atoms with Crippen molar-refractivity contribution in [1.29, 1.82) is 0 Å². The average Bonchev–Trinajstić information content (AvgIpc) is 2.59. The number of nitro groups is 1. The number of hydrogen-bond donors (Lipinski definition) is 0. The molecule has 0 saturated carbocycles. The molecule has 1 fully saturated rings. The van der Waals surface area contributed by atoms with Gasteiger partial charge in [0.15, 0.2) is 23.7 Å². The van der Waals surface area contributed by atoms with Crippen LogP contribution in [-0.4, -0.2) is 57.3 Å². The van der Waals surface area contributed by atoms with E-state index in [0.29, 0.717) is 5.69 Å². The predicted octanol–water partition coefficient (Wildman–Crippen LogP) is 1.55. The third-order valence-corrected chi connectivity index (χ3v) is 4.91. The van der Waals surface area contributed by atoms with E-state index >= 15 is 0 Å². The number of nitrogens with zero attached hydrogens (tertiary/aromatic N) is 2. The minimum Gasteiger partial charge on any atom is -0.467 e. The van der Waals surface area contributed by atoms with Crippen LogP contribution < -0.4 is 4.74 Å². The van der Waals surface area contributed by atoms with Crippen molar-refractivity contribution in [2.24, 2.45) is 0 Å². The maximum atomic E-state index is 11.6. The fourth-order valence-corrected chi connectivity index (χ4v) is 3.90. The third-order valence-electron chi connectivity index (χ3n) is 3.70. The maximum absolute atomic E-state index is 11.6. The first-order chi connectivity index (χ1) is 13.6. The van der Waals surface area contributed by atoms with Gasteiger partial charge in [0.1, 0.15) is 5.69 Å². The van der Waals surface area contributed by atoms with Gasteiger partial charge in [0.05, 0.1) is 0 Å². The molecule has 1 aromatic rings. The Morgan fingerprint density at radius 2 is 1.66 bits per heavy atom. The summed E-state index contributed by atoms with van der Waals surface area (Å²) in [6.45, 7) is 5.09. The standard InChI is InChI=1S/C17H20N2O9S/c1-8-5-6-12(16(18-8)19(23)24)28-17-15(27-11(4)22)14(26-10(3)21)13(7-29-17)25-9(2)20/h5-6,13-15,17H,7H2,1-4H3/t13-,14+,15-,17+/m1/s1. The topological polar surface area (TPSA) is 144 Å². The van der Waals surface area contributed by atoms with Crippen molar-refractivity contribution in [3.05, 3.63) is 27.9 Å². The Kier molecular flexibility index (Phi) is 7.37. The summed E-state index contributed by atoms with van der Waals surface area (Å²) in [5, 5.41) is 11.3. The van der Waals surface area contributed by atoms with E-state index < -0.39 is 52.4 Å². The molecule has 0 spiro atoms. The lowest BCUT2D eigenvalue weighted by atomic mass is 10.1. The second kappa shape index (κ2) is 9.54. The molecule has 0 amide bonds. The van der Waals surface area contributed by atoms with E-state index in [9.17, 15) is 24.5 Å². The first kappa shape index (κ1) is 22.4. The van der Waals surface area contributed by atoms with Crippen molar-refractivity contribution in [3.8, 4) is 5.75 Å². The predicted molar refractivity (Wildman–Crippen MR) is 99.2 cm³/mol. The van der Waals surface area contributed by atoms with E-state index in [2.05, 4.69) is 4.98 Å². The Bertz CT molecular complexity index is 816. The molecular formula is C17H20N2O9S. The zero-order valence-corrected chi connectivity index (χ0v) is 17.0. The summed E-state index contributed by atoms with van der Waals surface area (Å²) >= 11 is 1.10. The number of thioether (sulfide) groups is 1. The highest BCUT2D eigenvalue weighted by molar-refractivity contribution is 7.99. The van der Waals surface area contributed by atoms with Crippen LogP contribution in [0, 0.1) is 17.0 Å². The van der Waals surface area contributed by atoms with Crippen LogP contribution in [-0.2, 0) is 28.6 Å². The van der Waals surface area contributed by atoms with Gasteiger partial charge in [0.2, 0.25) is 5.75 Å². The van der Waals surface area contributed by atoms with Crippen LogP contribution in [0.15, 0.2) is 12.1 Å². The number of rotatable bonds is 6. The van der Waals surface area contributed by atoms with Crippen molar-refractivity contribution >= 4 is 35.5 Å². The molecule has 0 radical (unpaired) electrons. The summed E-state index contributed by atoms with van der Waals surface area (Å²) in [4.78, 5) is 49.1. The normalized spacial score (nSPS) is 23.6. The molecule has 11 nitrogen and oxygen atoms in total. The largest absolute Gasteiger partial charge is 0.467 e. The first-order valence-electron chi connectivity index (χ1n) is 8.50. The summed E-state index contributed by atoms with van der Waals surface area (Å²) in [6, 6.07) is 2.91. The number of esters is 3. The van der Waals surface area contributed by atoms with Crippen LogP contribution >= 0.6 is 11.8 Å². The minimum absolute atomic E-state index is 0.136. The minimum atomic E-state index is -1.18. The Labute approximate surface area is 170 Å². The molecule has 0 bridgehead atoms. The summed E-state index contributed by atoms with van der Waals surface area (Å²) in [5.41, 5.74) is -0.553. The molecule has 0 unspecified atom stereocenters. The number of pyridine rings is 1. The zero-order valence-electron chi connectivity index (χ0n) is 16.1. The molecule has 158 valence electrons. The van der Waals surface area contributed by atoms with E-state index in [1.807, 2.05) is 0 Å². The number of aromatic nitrogens is 1. The van der Waals surface area contributed by atoms with Gasteiger partial charge in [-0.2, -0.15) is 0 Å². The molecule has 0 N–H and O–H groups in total. The van der Waals surface area contributed by atoms with Gasteiger partial charge in [-0.3, -0.25) is 14.4 Å². The highest BCUT2D eigenvalue weighted by atomic mass is 32.2. The summed E-state index contributed by atoms with van der Waals surface area (Å²) in [5.74, 6) is -2.47. The van der Waals surface area contributed by atoms with E-state index in [0.717, 1.165) is 25.6 Å². The number of carbonyl (C=O) groups excluding carboxylic acids is 3. The van der Waals surface area contributed by atoms with Gasteiger partial charge in [-0.05, 0) is 22.0 Å². The van der Waals surface area contributed by atoms with Crippen molar-refractivity contribution in [1.82, 2.24) is 4.98 Å². The number of hydrogen-bond acceptors (Lipinski definition) is 11. The van der Waals surface area contributed by atoms with Gasteiger partial charge in [-0.25, -0.2) is 0 Å². The second-order valence-electron chi connectivity index (χ2n) is 6.15. The van der Waals surface area contributed by atoms with Crippen molar-refractivity contribution in [2.75, 3.05) is 5.75 Å². The lowest BCUT2D eigenvalue weighted by Gasteiger charge is -2.39. The van der Waals surface area contributed by atoms with Gasteiger partial charge in [0, 0.05) is 33.4 Å². The molecule has 12 heteroatoms. The monoisotopic (exact) mass is 428 g/mol. The van der Waals surface area contributed by atoms with E-state index in [1.165, 1.54) is 19.1 Å². The molecule has 1 saturated heterocycles. The highest BCUT2D eigenvalue weighted by Gasteiger charge is 2.48. The van der Waals surface area contributed by atoms with Gasteiger partial charge < -0.3 is 29.1 Å². The molecule has 1 aliphatic rings. The van der Waals surface area contributed by atoms with E-state index in [1.54, 1.807) is 6.92 Å². The van der Waals surface area contributed by atoms with Crippen LogP contribution in [0.2, 0.25) is 0 Å². The van der Waals surface area contributed by atoms with Crippen LogP contribution in [0.25, 0.3) is 0 Å². The zero-order chi connectivity index (χ0) is 21.7. The lowest BCUT2D eigenvalue weighted by molar-refractivity contribution is -0.390.